The van der Waals surface area contributed by atoms with Crippen LogP contribution < -0.4 is 0 Å². The van der Waals surface area contributed by atoms with Crippen LogP contribution in [0.4, 0.5) is 0 Å². The van der Waals surface area contributed by atoms with Crippen molar-refractivity contribution in [2.45, 2.75) is 24.1 Å². The monoisotopic (exact) mass is 483 g/mol. The summed E-state index contributed by atoms with van der Waals surface area (Å²) in [5, 5.41) is 12.8. The minimum atomic E-state index is -1.26. The van der Waals surface area contributed by atoms with Gasteiger partial charge in [-0.05, 0) is 41.8 Å². The van der Waals surface area contributed by atoms with E-state index in [0.717, 1.165) is 27.8 Å². The molecule has 2 nitrogen and oxygen atoms in total. The fraction of sp³-hybridized carbons (Fsp3) is 0.143. The van der Waals surface area contributed by atoms with Crippen LogP contribution in [0, 0.1) is 0 Å². The summed E-state index contributed by atoms with van der Waals surface area (Å²) in [6.07, 6.45) is 0. The molecule has 5 aromatic carbocycles. The summed E-state index contributed by atoms with van der Waals surface area (Å²) >= 11 is 0. The fourth-order valence-corrected chi connectivity index (χ4v) is 5.75. The molecule has 37 heavy (non-hydrogen) atoms. The highest BCUT2D eigenvalue weighted by atomic mass is 16.3. The average Bonchev–Trinajstić information content (AvgIpc) is 2.99. The maximum absolute atomic E-state index is 12.8. The van der Waals surface area contributed by atoms with Crippen LogP contribution in [0.1, 0.15) is 34.7 Å². The summed E-state index contributed by atoms with van der Waals surface area (Å²) in [6, 6.07) is 51.6. The van der Waals surface area contributed by atoms with Crippen molar-refractivity contribution in [2.24, 2.45) is 0 Å². The van der Waals surface area contributed by atoms with Gasteiger partial charge in [0.05, 0.1) is 5.54 Å². The highest BCUT2D eigenvalue weighted by Crippen LogP contribution is 2.46. The fourth-order valence-electron chi connectivity index (χ4n) is 5.75. The van der Waals surface area contributed by atoms with Gasteiger partial charge in [0, 0.05) is 6.04 Å². The van der Waals surface area contributed by atoms with E-state index >= 15 is 0 Å². The molecule has 0 bridgehead atoms. The van der Waals surface area contributed by atoms with Crippen LogP contribution in [0.15, 0.2) is 152 Å². The molecule has 5 rings (SSSR count). The highest BCUT2D eigenvalue weighted by molar-refractivity contribution is 5.50. The lowest BCUT2D eigenvalue weighted by atomic mass is 9.72. The predicted molar refractivity (Wildman–Crippen MR) is 152 cm³/mol. The van der Waals surface area contributed by atoms with Crippen LogP contribution in [-0.2, 0) is 11.1 Å². The quantitative estimate of drug-likeness (QED) is 0.235. The molecular formula is C35H33NO. The normalized spacial score (nSPS) is 12.9. The molecule has 1 atom stereocenters. The number of benzene rings is 5. The van der Waals surface area contributed by atoms with Gasteiger partial charge in [0.2, 0.25) is 0 Å². The number of aliphatic hydroxyl groups is 1. The van der Waals surface area contributed by atoms with Crippen molar-refractivity contribution < 1.29 is 5.11 Å². The van der Waals surface area contributed by atoms with Gasteiger partial charge in [0.25, 0.3) is 0 Å². The van der Waals surface area contributed by atoms with Crippen molar-refractivity contribution in [2.75, 3.05) is 7.05 Å². The minimum absolute atomic E-state index is 0.321. The Labute approximate surface area is 220 Å². The molecule has 0 amide bonds. The van der Waals surface area contributed by atoms with Gasteiger partial charge in [-0.3, -0.25) is 4.90 Å². The third-order valence-electron chi connectivity index (χ3n) is 7.72. The molecule has 2 heteroatoms. The molecule has 0 spiro atoms. The van der Waals surface area contributed by atoms with E-state index in [0.29, 0.717) is 0 Å². The number of hydrogen-bond acceptors (Lipinski definition) is 2. The number of rotatable bonds is 8. The molecule has 0 aliphatic rings. The lowest BCUT2D eigenvalue weighted by Crippen LogP contribution is -2.57. The van der Waals surface area contributed by atoms with Gasteiger partial charge in [-0.25, -0.2) is 0 Å². The van der Waals surface area contributed by atoms with Gasteiger partial charge >= 0.3 is 0 Å². The molecule has 184 valence electrons. The zero-order chi connectivity index (χ0) is 25.7. The van der Waals surface area contributed by atoms with Gasteiger partial charge in [0.1, 0.15) is 5.60 Å². The SMILES string of the molecule is C[C@H](N(C)C(c1ccccc1)(c1ccccc1)c1ccccc1)C(O)(c1ccccc1)c1ccccc1. The third kappa shape index (κ3) is 4.29. The Morgan fingerprint density at radius 2 is 0.703 bits per heavy atom. The first kappa shape index (κ1) is 24.7. The Morgan fingerprint density at radius 3 is 0.973 bits per heavy atom. The van der Waals surface area contributed by atoms with Gasteiger partial charge in [0.15, 0.2) is 0 Å². The first-order chi connectivity index (χ1) is 18.1. The van der Waals surface area contributed by atoms with Gasteiger partial charge in [-0.2, -0.15) is 0 Å². The van der Waals surface area contributed by atoms with Crippen LogP contribution in [0.5, 0.6) is 0 Å². The van der Waals surface area contributed by atoms with Crippen molar-refractivity contribution in [3.63, 3.8) is 0 Å². The second-order valence-corrected chi connectivity index (χ2v) is 9.59. The van der Waals surface area contributed by atoms with Crippen LogP contribution in [0.2, 0.25) is 0 Å². The molecule has 0 saturated heterocycles. The standard InChI is InChI=1S/C35H33NO/c1-28(35(37,32-24-14-6-15-25-32)33-26-16-7-17-27-33)36(2)34(29-18-8-3-9-19-29,30-20-10-4-11-21-30)31-22-12-5-13-23-31/h3-28,37H,1-2H3/t28-/m0/s1. The largest absolute Gasteiger partial charge is 0.379 e. The summed E-state index contributed by atoms with van der Waals surface area (Å²) in [5.41, 5.74) is 3.25. The summed E-state index contributed by atoms with van der Waals surface area (Å²) in [4.78, 5) is 2.34. The molecule has 0 aromatic heterocycles. The molecule has 0 aliphatic heterocycles. The van der Waals surface area contributed by atoms with Crippen LogP contribution >= 0.6 is 0 Å². The van der Waals surface area contributed by atoms with Crippen molar-refractivity contribution in [1.29, 1.82) is 0 Å². The van der Waals surface area contributed by atoms with E-state index in [-0.39, 0.29) is 6.04 Å². The zero-order valence-corrected chi connectivity index (χ0v) is 21.4. The molecule has 5 aromatic rings. The summed E-state index contributed by atoms with van der Waals surface area (Å²) in [6.45, 7) is 2.13. The van der Waals surface area contributed by atoms with Gasteiger partial charge < -0.3 is 5.11 Å². The van der Waals surface area contributed by atoms with E-state index in [4.69, 9.17) is 0 Å². The van der Waals surface area contributed by atoms with Crippen LogP contribution in [0.3, 0.4) is 0 Å². The number of hydrogen-bond donors (Lipinski definition) is 1. The molecule has 1 N–H and O–H groups in total. The van der Waals surface area contributed by atoms with E-state index in [1.54, 1.807) is 0 Å². The van der Waals surface area contributed by atoms with E-state index in [9.17, 15) is 5.11 Å². The van der Waals surface area contributed by atoms with E-state index < -0.39 is 11.1 Å². The highest BCUT2D eigenvalue weighted by Gasteiger charge is 2.49. The lowest BCUT2D eigenvalue weighted by molar-refractivity contribution is -0.0294. The van der Waals surface area contributed by atoms with Gasteiger partial charge in [-0.1, -0.05) is 152 Å². The first-order valence-corrected chi connectivity index (χ1v) is 12.8. The van der Waals surface area contributed by atoms with E-state index in [1.807, 2.05) is 60.7 Å². The molecule has 0 heterocycles. The maximum atomic E-state index is 12.8. The third-order valence-corrected chi connectivity index (χ3v) is 7.72. The molecular weight excluding hydrogens is 450 g/mol. The minimum Gasteiger partial charge on any atom is -0.379 e. The second-order valence-electron chi connectivity index (χ2n) is 9.59. The maximum Gasteiger partial charge on any atom is 0.130 e. The Balaban J connectivity index is 1.80. The van der Waals surface area contributed by atoms with Crippen LogP contribution in [-0.4, -0.2) is 23.1 Å². The molecule has 0 radical (unpaired) electrons. The van der Waals surface area contributed by atoms with Gasteiger partial charge in [-0.15, -0.1) is 0 Å². The molecule has 0 aliphatic carbocycles. The van der Waals surface area contributed by atoms with Crippen LogP contribution in [0.25, 0.3) is 0 Å². The topological polar surface area (TPSA) is 23.5 Å². The molecule has 0 unspecified atom stereocenters. The Hall–Kier alpha value is -3.98. The van der Waals surface area contributed by atoms with E-state index in [1.165, 1.54) is 0 Å². The van der Waals surface area contributed by atoms with Crippen molar-refractivity contribution in [1.82, 2.24) is 4.90 Å². The van der Waals surface area contributed by atoms with Crippen molar-refractivity contribution >= 4 is 0 Å². The summed E-state index contributed by atoms with van der Waals surface area (Å²) in [5.74, 6) is 0. The average molecular weight is 484 g/mol. The summed E-state index contributed by atoms with van der Waals surface area (Å²) in [7, 11) is 2.13. The Morgan fingerprint density at radius 1 is 0.459 bits per heavy atom. The Bertz CT molecular complexity index is 1250. The lowest BCUT2D eigenvalue weighted by Gasteiger charge is -2.51. The van der Waals surface area contributed by atoms with Crippen molar-refractivity contribution in [3.05, 3.63) is 179 Å². The predicted octanol–water partition coefficient (Wildman–Crippen LogP) is 7.23. The van der Waals surface area contributed by atoms with E-state index in [2.05, 4.69) is 110 Å². The number of likely N-dealkylation sites (N-methyl/N-ethyl adjacent to an activating group) is 1. The zero-order valence-electron chi connectivity index (χ0n) is 21.4. The molecule has 0 fully saturated rings. The first-order valence-electron chi connectivity index (χ1n) is 12.8. The van der Waals surface area contributed by atoms with Crippen molar-refractivity contribution in [3.8, 4) is 0 Å². The molecule has 0 saturated carbocycles. The second kappa shape index (κ2) is 10.6. The number of nitrogens with zero attached hydrogens (tertiary/aromatic N) is 1. The summed E-state index contributed by atoms with van der Waals surface area (Å²) < 4.78 is 0. The Kier molecular flexibility index (Phi) is 7.05. The smallest absolute Gasteiger partial charge is 0.130 e.